The smallest absolute Gasteiger partial charge is 0.328 e. The number of carboxylic acids is 1. The summed E-state index contributed by atoms with van der Waals surface area (Å²) in [7, 11) is 0. The lowest BCUT2D eigenvalue weighted by molar-refractivity contribution is -0.131. The molecule has 2 aliphatic rings. The van der Waals surface area contributed by atoms with Gasteiger partial charge < -0.3 is 9.52 Å². The Bertz CT molecular complexity index is 1640. The fourth-order valence-electron chi connectivity index (χ4n) is 5.97. The molecule has 1 aliphatic carbocycles. The summed E-state index contributed by atoms with van der Waals surface area (Å²) in [6, 6.07) is 7.05. The zero-order valence-electron chi connectivity index (χ0n) is 22.5. The topological polar surface area (TPSA) is 71.5 Å². The third kappa shape index (κ3) is 4.62. The molecular formula is C31H30F3N3O3. The maximum absolute atomic E-state index is 15.8. The zero-order valence-corrected chi connectivity index (χ0v) is 22.5. The quantitative estimate of drug-likeness (QED) is 0.254. The largest absolute Gasteiger partial charge is 0.478 e. The molecule has 3 heterocycles. The molecule has 1 spiro atoms. The minimum atomic E-state index is -1.62. The van der Waals surface area contributed by atoms with Crippen LogP contribution in [0.4, 0.5) is 13.2 Å². The van der Waals surface area contributed by atoms with Crippen LogP contribution in [0.2, 0.25) is 0 Å². The minimum absolute atomic E-state index is 0.0326. The van der Waals surface area contributed by atoms with Crippen LogP contribution >= 0.6 is 0 Å². The maximum atomic E-state index is 15.8. The van der Waals surface area contributed by atoms with Crippen molar-refractivity contribution in [1.29, 1.82) is 0 Å². The van der Waals surface area contributed by atoms with E-state index in [1.807, 2.05) is 40.9 Å². The average molecular weight is 550 g/mol. The number of hydrogen-bond acceptors (Lipinski definition) is 4. The van der Waals surface area contributed by atoms with Crippen LogP contribution < -0.4 is 0 Å². The first kappa shape index (κ1) is 26.4. The van der Waals surface area contributed by atoms with E-state index in [-0.39, 0.29) is 17.7 Å². The van der Waals surface area contributed by atoms with Gasteiger partial charge in [-0.15, -0.1) is 0 Å². The van der Waals surface area contributed by atoms with Crippen LogP contribution in [0.5, 0.6) is 0 Å². The number of carboxylic acid groups (broad SMARTS) is 1. The molecule has 1 N–H and O–H groups in total. The number of benzene rings is 2. The molecule has 208 valence electrons. The van der Waals surface area contributed by atoms with Gasteiger partial charge in [0.25, 0.3) is 0 Å². The molecule has 0 amide bonds. The van der Waals surface area contributed by atoms with E-state index in [1.165, 1.54) is 13.8 Å². The average Bonchev–Trinajstić information content (AvgIpc) is 3.33. The Morgan fingerprint density at radius 2 is 1.93 bits per heavy atom. The molecular weight excluding hydrogens is 519 g/mol. The molecule has 40 heavy (non-hydrogen) atoms. The number of carbonyl (C=O) groups is 1. The van der Waals surface area contributed by atoms with Gasteiger partial charge in [0, 0.05) is 53.0 Å². The fraction of sp³-hybridized carbons (Fsp3) is 0.355. The lowest BCUT2D eigenvalue weighted by Crippen LogP contribution is -2.50. The van der Waals surface area contributed by atoms with Gasteiger partial charge in [-0.05, 0) is 81.5 Å². The molecule has 1 atom stereocenters. The van der Waals surface area contributed by atoms with Crippen LogP contribution in [0.1, 0.15) is 62.1 Å². The predicted octanol–water partition coefficient (Wildman–Crippen LogP) is 6.92. The molecule has 1 fully saturated rings. The molecule has 1 saturated carbocycles. The van der Waals surface area contributed by atoms with Crippen molar-refractivity contribution in [2.24, 2.45) is 0 Å². The first-order chi connectivity index (χ1) is 19.0. The number of hydrogen-bond donors (Lipinski definition) is 1. The molecule has 4 aromatic rings. The highest BCUT2D eigenvalue weighted by atomic mass is 19.1. The van der Waals surface area contributed by atoms with E-state index in [2.05, 4.69) is 5.10 Å². The van der Waals surface area contributed by atoms with E-state index in [9.17, 15) is 4.79 Å². The Balaban J connectivity index is 1.54. The third-order valence-corrected chi connectivity index (χ3v) is 7.95. The van der Waals surface area contributed by atoms with Crippen LogP contribution in [0.15, 0.2) is 53.2 Å². The van der Waals surface area contributed by atoms with Gasteiger partial charge in [-0.1, -0.05) is 6.07 Å². The molecule has 2 aromatic carbocycles. The van der Waals surface area contributed by atoms with Gasteiger partial charge in [0.05, 0.1) is 6.20 Å². The highest BCUT2D eigenvalue weighted by Crippen LogP contribution is 2.57. The van der Waals surface area contributed by atoms with E-state index >= 15 is 13.2 Å². The summed E-state index contributed by atoms with van der Waals surface area (Å²) in [6.07, 6.45) is 7.87. The van der Waals surface area contributed by atoms with E-state index in [4.69, 9.17) is 9.52 Å². The zero-order chi connectivity index (χ0) is 28.4. The van der Waals surface area contributed by atoms with Crippen molar-refractivity contribution in [1.82, 2.24) is 14.7 Å². The maximum Gasteiger partial charge on any atom is 0.328 e. The van der Waals surface area contributed by atoms with E-state index in [1.54, 1.807) is 6.20 Å². The number of fused-ring (bicyclic) bond motifs is 3. The van der Waals surface area contributed by atoms with E-state index in [0.717, 1.165) is 65.7 Å². The fourth-order valence-corrected chi connectivity index (χ4v) is 5.97. The monoisotopic (exact) mass is 549 g/mol. The second-order valence-corrected chi connectivity index (χ2v) is 11.5. The lowest BCUT2D eigenvalue weighted by Gasteiger charge is -2.44. The Hall–Kier alpha value is -3.85. The summed E-state index contributed by atoms with van der Waals surface area (Å²) in [5, 5.41) is 14.2. The Morgan fingerprint density at radius 1 is 1.20 bits per heavy atom. The summed E-state index contributed by atoms with van der Waals surface area (Å²) in [6.45, 7) is 5.65. The lowest BCUT2D eigenvalue weighted by atomic mass is 9.85. The van der Waals surface area contributed by atoms with Crippen molar-refractivity contribution in [3.05, 3.63) is 82.9 Å². The van der Waals surface area contributed by atoms with Crippen molar-refractivity contribution >= 4 is 23.0 Å². The van der Waals surface area contributed by atoms with Crippen molar-refractivity contribution < 1.29 is 27.5 Å². The molecule has 0 radical (unpaired) electrons. The van der Waals surface area contributed by atoms with Gasteiger partial charge in [-0.3, -0.25) is 9.58 Å². The summed E-state index contributed by atoms with van der Waals surface area (Å²) in [5.41, 5.74) is 1.17. The second-order valence-electron chi connectivity index (χ2n) is 11.5. The number of rotatable bonds is 7. The van der Waals surface area contributed by atoms with Crippen LogP contribution in [-0.4, -0.2) is 43.5 Å². The van der Waals surface area contributed by atoms with Crippen molar-refractivity contribution in [2.75, 3.05) is 6.54 Å². The molecule has 6 nitrogen and oxygen atoms in total. The summed E-state index contributed by atoms with van der Waals surface area (Å²) >= 11 is 0. The van der Waals surface area contributed by atoms with Crippen molar-refractivity contribution in [3.63, 3.8) is 0 Å². The highest BCUT2D eigenvalue weighted by molar-refractivity contribution is 5.88. The molecule has 0 saturated heterocycles. The Labute approximate surface area is 229 Å². The minimum Gasteiger partial charge on any atom is -0.478 e. The summed E-state index contributed by atoms with van der Waals surface area (Å²) in [4.78, 5) is 12.8. The summed E-state index contributed by atoms with van der Waals surface area (Å²) < 4.78 is 54.9. The van der Waals surface area contributed by atoms with Crippen molar-refractivity contribution in [2.45, 2.75) is 63.8 Å². The number of aliphatic carboxylic acids is 1. The number of aryl methyl sites for hydroxylation is 1. The van der Waals surface area contributed by atoms with Gasteiger partial charge >= 0.3 is 5.97 Å². The molecule has 1 aliphatic heterocycles. The van der Waals surface area contributed by atoms with Gasteiger partial charge in [0.2, 0.25) is 0 Å². The van der Waals surface area contributed by atoms with Gasteiger partial charge in [0.15, 0.2) is 0 Å². The number of halogens is 3. The number of furan rings is 1. The van der Waals surface area contributed by atoms with E-state index in [0.29, 0.717) is 17.8 Å². The molecule has 6 rings (SSSR count). The first-order valence-corrected chi connectivity index (χ1v) is 13.4. The predicted molar refractivity (Wildman–Crippen MR) is 146 cm³/mol. The number of alkyl halides is 1. The third-order valence-electron chi connectivity index (χ3n) is 7.95. The Morgan fingerprint density at radius 3 is 2.52 bits per heavy atom. The SMILES string of the molecule is CCn1cc(-c2ccc3oc4c(c3c2)CC2(CC2)N(CC(C)(C)F)[C@H]4c2c(F)cc(/C=C/C(=O)O)cc2F)cn1. The van der Waals surface area contributed by atoms with Gasteiger partial charge in [0.1, 0.15) is 34.7 Å². The molecule has 0 unspecified atom stereocenters. The molecule has 0 bridgehead atoms. The van der Waals surface area contributed by atoms with E-state index < -0.39 is 34.9 Å². The second kappa shape index (κ2) is 9.37. The summed E-state index contributed by atoms with van der Waals surface area (Å²) in [5.74, 6) is -2.50. The van der Waals surface area contributed by atoms with Crippen LogP contribution in [0, 0.1) is 11.6 Å². The number of aromatic nitrogens is 2. The highest BCUT2D eigenvalue weighted by Gasteiger charge is 2.57. The van der Waals surface area contributed by atoms with Gasteiger partial charge in [-0.2, -0.15) is 5.10 Å². The first-order valence-electron chi connectivity index (χ1n) is 13.4. The number of nitrogens with zero attached hydrogens (tertiary/aromatic N) is 3. The standard InChI is InChI=1S/C31H30F3N3O3/c1-4-36-16-20(15-35-36)19-6-7-25-21(13-19)22-14-31(9-10-31)37(17-30(2,3)34)28(29(22)40-25)27-23(32)11-18(12-24(27)33)5-8-26(38)39/h5-8,11-13,15-16,28H,4,9-10,14,17H2,1-3H3,(H,38,39)/b8-5+/t28-/m0/s1. The molecule has 9 heteroatoms. The van der Waals surface area contributed by atoms with Crippen LogP contribution in [-0.2, 0) is 17.8 Å². The Kier molecular flexibility index (Phi) is 6.18. The normalized spacial score (nSPS) is 18.6. The van der Waals surface area contributed by atoms with Gasteiger partial charge in [-0.25, -0.2) is 18.0 Å². The van der Waals surface area contributed by atoms with Crippen LogP contribution in [0.25, 0.3) is 28.2 Å². The molecule has 2 aromatic heterocycles. The van der Waals surface area contributed by atoms with Crippen molar-refractivity contribution in [3.8, 4) is 11.1 Å². The van der Waals surface area contributed by atoms with Crippen LogP contribution in [0.3, 0.4) is 0 Å².